The number of H-pyrrole nitrogens is 1. The molecule has 0 spiro atoms. The molecule has 0 radical (unpaired) electrons. The second kappa shape index (κ2) is 10.4. The Morgan fingerprint density at radius 3 is 2.53 bits per heavy atom. The summed E-state index contributed by atoms with van der Waals surface area (Å²) in [7, 11) is -2.14. The van der Waals surface area contributed by atoms with Crippen molar-refractivity contribution in [3.05, 3.63) is 75.8 Å². The van der Waals surface area contributed by atoms with E-state index in [0.717, 1.165) is 0 Å². The van der Waals surface area contributed by atoms with E-state index in [0.29, 0.717) is 23.1 Å². The van der Waals surface area contributed by atoms with Gasteiger partial charge in [0, 0.05) is 36.3 Å². The monoisotopic (exact) mass is 543 g/mol. The van der Waals surface area contributed by atoms with E-state index in [-0.39, 0.29) is 44.5 Å². The van der Waals surface area contributed by atoms with Crippen LogP contribution in [0, 0.1) is 6.92 Å². The van der Waals surface area contributed by atoms with E-state index in [4.69, 9.17) is 4.74 Å². The van der Waals surface area contributed by atoms with Gasteiger partial charge in [0.2, 0.25) is 0 Å². The van der Waals surface area contributed by atoms with Crippen LogP contribution in [0.5, 0.6) is 11.5 Å². The number of sulfone groups is 1. The third kappa shape index (κ3) is 4.93. The van der Waals surface area contributed by atoms with Gasteiger partial charge in [-0.15, -0.1) is 0 Å². The summed E-state index contributed by atoms with van der Waals surface area (Å²) in [5.41, 5.74) is 0.652. The number of pyridine rings is 1. The first-order chi connectivity index (χ1) is 18.0. The van der Waals surface area contributed by atoms with E-state index < -0.39 is 27.7 Å². The molecule has 0 saturated heterocycles. The molecule has 0 unspecified atom stereocenters. The van der Waals surface area contributed by atoms with Crippen LogP contribution in [0.3, 0.4) is 0 Å². The van der Waals surface area contributed by atoms with Crippen LogP contribution in [0.2, 0.25) is 0 Å². The molecule has 200 valence electrons. The summed E-state index contributed by atoms with van der Waals surface area (Å²) in [5.74, 6) is -0.518. The number of hydrogen-bond donors (Lipinski definition) is 2. The molecule has 1 amide bonds. The quantitative estimate of drug-likeness (QED) is 0.321. The molecule has 0 aliphatic rings. The van der Waals surface area contributed by atoms with Gasteiger partial charge >= 0.3 is 0 Å². The standard InChI is InChI=1S/C27H27F2N3O5S/c1-5-30-26(33)21-13-19-20(14-32(4)27(34)23(19)31-21)18-12-16(38(35,36)6-2)10-11-22(18)37-24-15(3)8-7-9-17(24)25(28)29/h7-14,25,31H,5-6H2,1-4H3,(H,30,33). The van der Waals surface area contributed by atoms with Crippen LogP contribution in [0.4, 0.5) is 8.78 Å². The predicted molar refractivity (Wildman–Crippen MR) is 141 cm³/mol. The van der Waals surface area contributed by atoms with Crippen molar-refractivity contribution in [3.8, 4) is 22.6 Å². The normalized spacial score (nSPS) is 11.8. The van der Waals surface area contributed by atoms with E-state index in [2.05, 4.69) is 10.3 Å². The summed E-state index contributed by atoms with van der Waals surface area (Å²) in [5, 5.41) is 3.02. The second-order valence-electron chi connectivity index (χ2n) is 8.75. The van der Waals surface area contributed by atoms with Crippen molar-refractivity contribution in [1.29, 1.82) is 0 Å². The summed E-state index contributed by atoms with van der Waals surface area (Å²) >= 11 is 0. The molecule has 0 saturated carbocycles. The highest BCUT2D eigenvalue weighted by molar-refractivity contribution is 7.91. The first-order valence-electron chi connectivity index (χ1n) is 11.9. The van der Waals surface area contributed by atoms with E-state index in [9.17, 15) is 26.8 Å². The molecule has 0 bridgehead atoms. The number of alkyl halides is 2. The second-order valence-corrected chi connectivity index (χ2v) is 11.0. The van der Waals surface area contributed by atoms with E-state index in [1.807, 2.05) is 0 Å². The van der Waals surface area contributed by atoms with Gasteiger partial charge in [0.1, 0.15) is 22.7 Å². The van der Waals surface area contributed by atoms with E-state index in [1.165, 1.54) is 61.1 Å². The van der Waals surface area contributed by atoms with Crippen LogP contribution in [-0.2, 0) is 16.9 Å². The highest BCUT2D eigenvalue weighted by Crippen LogP contribution is 2.41. The molecule has 0 aliphatic carbocycles. The number of carbonyl (C=O) groups excluding carboxylic acids is 1. The Morgan fingerprint density at radius 1 is 1.13 bits per heavy atom. The highest BCUT2D eigenvalue weighted by Gasteiger charge is 2.23. The van der Waals surface area contributed by atoms with Gasteiger partial charge in [-0.2, -0.15) is 0 Å². The third-order valence-electron chi connectivity index (χ3n) is 6.22. The molecule has 8 nitrogen and oxygen atoms in total. The maximum atomic E-state index is 13.8. The molecule has 0 fully saturated rings. The van der Waals surface area contributed by atoms with Gasteiger partial charge < -0.3 is 19.6 Å². The number of amides is 1. The average molecular weight is 544 g/mol. The molecular weight excluding hydrogens is 516 g/mol. The van der Waals surface area contributed by atoms with Crippen molar-refractivity contribution >= 4 is 26.6 Å². The smallest absolute Gasteiger partial charge is 0.274 e. The third-order valence-corrected chi connectivity index (χ3v) is 7.95. The lowest BCUT2D eigenvalue weighted by molar-refractivity contribution is 0.0951. The largest absolute Gasteiger partial charge is 0.456 e. The molecule has 2 heterocycles. The fourth-order valence-corrected chi connectivity index (χ4v) is 5.10. The van der Waals surface area contributed by atoms with E-state index >= 15 is 0 Å². The Morgan fingerprint density at radius 2 is 1.87 bits per heavy atom. The summed E-state index contributed by atoms with van der Waals surface area (Å²) < 4.78 is 60.4. The SMILES string of the molecule is CCNC(=O)c1cc2c(-c3cc(S(=O)(=O)CC)ccc3Oc3c(C)cccc3C(F)F)cn(C)c(=O)c2[nH]1. The van der Waals surface area contributed by atoms with Gasteiger partial charge in [-0.1, -0.05) is 19.1 Å². The summed E-state index contributed by atoms with van der Waals surface area (Å²) in [6.07, 6.45) is -1.31. The number of para-hydroxylation sites is 1. The van der Waals surface area contributed by atoms with Gasteiger partial charge in [0.05, 0.1) is 16.2 Å². The number of fused-ring (bicyclic) bond motifs is 1. The maximum absolute atomic E-state index is 13.8. The van der Waals surface area contributed by atoms with Crippen molar-refractivity contribution in [2.45, 2.75) is 32.1 Å². The van der Waals surface area contributed by atoms with Crippen LogP contribution in [-0.4, -0.2) is 36.2 Å². The number of ether oxygens (including phenoxy) is 1. The number of aryl methyl sites for hydroxylation is 2. The van der Waals surface area contributed by atoms with Gasteiger partial charge in [-0.3, -0.25) is 9.59 Å². The first kappa shape index (κ1) is 27.1. The number of halogens is 2. The Bertz CT molecular complexity index is 1710. The molecule has 0 atom stereocenters. The minimum absolute atomic E-state index is 0.00250. The Balaban J connectivity index is 2.03. The van der Waals surface area contributed by atoms with Crippen molar-refractivity contribution in [2.75, 3.05) is 12.3 Å². The lowest BCUT2D eigenvalue weighted by Crippen LogP contribution is -2.23. The number of benzene rings is 2. The molecule has 2 aromatic heterocycles. The predicted octanol–water partition coefficient (Wildman–Crippen LogP) is 5.12. The van der Waals surface area contributed by atoms with Crippen LogP contribution in [0.1, 0.15) is 41.9 Å². The molecule has 38 heavy (non-hydrogen) atoms. The van der Waals surface area contributed by atoms with Crippen molar-refractivity contribution in [2.24, 2.45) is 7.05 Å². The fourth-order valence-electron chi connectivity index (χ4n) is 4.19. The maximum Gasteiger partial charge on any atom is 0.274 e. The topological polar surface area (TPSA) is 110 Å². The van der Waals surface area contributed by atoms with Crippen LogP contribution >= 0.6 is 0 Å². The van der Waals surface area contributed by atoms with Crippen molar-refractivity contribution in [3.63, 3.8) is 0 Å². The van der Waals surface area contributed by atoms with Gasteiger partial charge in [-0.05, 0) is 49.7 Å². The number of aromatic nitrogens is 2. The van der Waals surface area contributed by atoms with E-state index in [1.54, 1.807) is 19.9 Å². The summed E-state index contributed by atoms with van der Waals surface area (Å²) in [4.78, 5) is 28.3. The Labute approximate surface area is 218 Å². The highest BCUT2D eigenvalue weighted by atomic mass is 32.2. The first-order valence-corrected chi connectivity index (χ1v) is 13.6. The van der Waals surface area contributed by atoms with Crippen LogP contribution < -0.4 is 15.6 Å². The lowest BCUT2D eigenvalue weighted by Gasteiger charge is -2.18. The number of aromatic amines is 1. The average Bonchev–Trinajstić information content (AvgIpc) is 3.33. The zero-order valence-electron chi connectivity index (χ0n) is 21.3. The molecule has 2 aromatic carbocycles. The van der Waals surface area contributed by atoms with Crippen LogP contribution in [0.15, 0.2) is 58.4 Å². The Kier molecular flexibility index (Phi) is 7.41. The fraction of sp³-hybridized carbons (Fsp3) is 0.259. The number of carbonyl (C=O) groups is 1. The van der Waals surface area contributed by atoms with Gasteiger partial charge in [0.25, 0.3) is 17.9 Å². The Hall–Kier alpha value is -3.99. The molecule has 4 aromatic rings. The van der Waals surface area contributed by atoms with Crippen molar-refractivity contribution in [1.82, 2.24) is 14.9 Å². The minimum atomic E-state index is -3.65. The van der Waals surface area contributed by atoms with Gasteiger partial charge in [0.15, 0.2) is 9.84 Å². The number of hydrogen-bond acceptors (Lipinski definition) is 5. The van der Waals surface area contributed by atoms with Crippen LogP contribution in [0.25, 0.3) is 22.0 Å². The molecule has 11 heteroatoms. The molecular formula is C27H27F2N3O5S. The molecule has 0 aliphatic heterocycles. The zero-order valence-corrected chi connectivity index (χ0v) is 22.1. The molecule has 4 rings (SSSR count). The van der Waals surface area contributed by atoms with Crippen molar-refractivity contribution < 1.29 is 26.7 Å². The summed E-state index contributed by atoms with van der Waals surface area (Å²) in [6.45, 7) is 5.27. The zero-order chi connectivity index (χ0) is 27.8. The number of rotatable bonds is 8. The lowest BCUT2D eigenvalue weighted by atomic mass is 10.0. The summed E-state index contributed by atoms with van der Waals surface area (Å²) in [6, 6.07) is 10.1. The number of nitrogens with zero attached hydrogens (tertiary/aromatic N) is 1. The van der Waals surface area contributed by atoms with Gasteiger partial charge in [-0.25, -0.2) is 17.2 Å². The minimum Gasteiger partial charge on any atom is -0.456 e. The molecule has 2 N–H and O–H groups in total. The number of nitrogens with one attached hydrogen (secondary N) is 2.